The maximum atomic E-state index is 10.6. The molecule has 5 N–H and O–H groups in total. The quantitative estimate of drug-likeness (QED) is 0.339. The van der Waals surface area contributed by atoms with E-state index in [1.165, 1.54) is 0 Å². The summed E-state index contributed by atoms with van der Waals surface area (Å²) in [5.74, 6) is -0.785. The van der Waals surface area contributed by atoms with E-state index in [4.69, 9.17) is 21.1 Å². The smallest absolute Gasteiger partial charge is 0.320 e. The lowest BCUT2D eigenvalue weighted by molar-refractivity contribution is -0.174. The third kappa shape index (κ3) is 2.74. The number of aliphatic hydroxyl groups is 3. The number of aliphatic hydroxyl groups excluding tert-OH is 3. The fraction of sp³-hybridized carbons (Fsp3) is 0.833. The summed E-state index contributed by atoms with van der Waals surface area (Å²) in [6, 6.07) is 0. The van der Waals surface area contributed by atoms with Crippen molar-refractivity contribution in [2.45, 2.75) is 5.60 Å². The molecule has 72 valence electrons. The van der Waals surface area contributed by atoms with Gasteiger partial charge in [-0.3, -0.25) is 4.79 Å². The van der Waals surface area contributed by atoms with Crippen LogP contribution in [-0.2, 0) is 9.53 Å². The van der Waals surface area contributed by atoms with Crippen LogP contribution in [0.5, 0.6) is 0 Å². The fourth-order valence-electron chi connectivity index (χ4n) is 0.530. The van der Waals surface area contributed by atoms with Crippen LogP contribution in [0.3, 0.4) is 0 Å². The molecule has 0 atom stereocenters. The molecule has 0 radical (unpaired) electrons. The molecule has 12 heavy (non-hydrogen) atoms. The molecule has 0 unspecified atom stereocenters. The van der Waals surface area contributed by atoms with Crippen molar-refractivity contribution in [1.29, 1.82) is 0 Å². The van der Waals surface area contributed by atoms with Gasteiger partial charge < -0.3 is 25.8 Å². The Balaban J connectivity index is 4.19. The molecule has 0 saturated heterocycles. The van der Waals surface area contributed by atoms with E-state index in [0.717, 1.165) is 0 Å². The van der Waals surface area contributed by atoms with Crippen LogP contribution in [0.1, 0.15) is 0 Å². The van der Waals surface area contributed by atoms with Gasteiger partial charge in [-0.15, -0.1) is 0 Å². The highest BCUT2D eigenvalue weighted by atomic mass is 16.6. The first-order valence-corrected chi connectivity index (χ1v) is 3.38. The monoisotopic (exact) mass is 179 g/mol. The summed E-state index contributed by atoms with van der Waals surface area (Å²) >= 11 is 0. The van der Waals surface area contributed by atoms with Crippen molar-refractivity contribution in [1.82, 2.24) is 0 Å². The highest BCUT2D eigenvalue weighted by Gasteiger charge is 2.32. The lowest BCUT2D eigenvalue weighted by atomic mass is 10.1. The van der Waals surface area contributed by atoms with E-state index in [1.807, 2.05) is 0 Å². The molecule has 6 heteroatoms. The zero-order valence-electron chi connectivity index (χ0n) is 6.56. The number of nitrogens with two attached hydrogens (primary N) is 1. The Bertz CT molecular complexity index is 137. The predicted octanol–water partition coefficient (Wildman–Crippen LogP) is -2.80. The first kappa shape index (κ1) is 11.3. The van der Waals surface area contributed by atoms with Crippen LogP contribution in [-0.4, -0.2) is 53.3 Å². The molecular formula is C6H13NO5. The van der Waals surface area contributed by atoms with Gasteiger partial charge in [0.1, 0.15) is 0 Å². The van der Waals surface area contributed by atoms with Crippen molar-refractivity contribution in [3.8, 4) is 0 Å². The van der Waals surface area contributed by atoms with Crippen LogP contribution in [0, 0.1) is 0 Å². The molecule has 0 aromatic carbocycles. The van der Waals surface area contributed by atoms with Gasteiger partial charge in [-0.1, -0.05) is 0 Å². The summed E-state index contributed by atoms with van der Waals surface area (Å²) in [4.78, 5) is 10.6. The maximum absolute atomic E-state index is 10.6. The lowest BCUT2D eigenvalue weighted by Crippen LogP contribution is -2.47. The Hall–Kier alpha value is -0.690. The highest BCUT2D eigenvalue weighted by molar-refractivity contribution is 5.71. The number of ether oxygens (including phenoxy) is 1. The zero-order valence-corrected chi connectivity index (χ0v) is 6.56. The molecule has 6 nitrogen and oxygen atoms in total. The van der Waals surface area contributed by atoms with Crippen LogP contribution in [0.15, 0.2) is 0 Å². The number of esters is 1. The summed E-state index contributed by atoms with van der Waals surface area (Å²) in [5, 5.41) is 26.0. The van der Waals surface area contributed by atoms with Gasteiger partial charge in [0.25, 0.3) is 0 Å². The van der Waals surface area contributed by atoms with Gasteiger partial charge >= 0.3 is 5.97 Å². The Morgan fingerprint density at radius 1 is 1.25 bits per heavy atom. The third-order valence-corrected chi connectivity index (χ3v) is 1.36. The van der Waals surface area contributed by atoms with E-state index in [1.54, 1.807) is 0 Å². The molecule has 0 fully saturated rings. The van der Waals surface area contributed by atoms with Crippen molar-refractivity contribution in [3.05, 3.63) is 0 Å². The van der Waals surface area contributed by atoms with E-state index in [0.29, 0.717) is 0 Å². The molecule has 0 amide bonds. The van der Waals surface area contributed by atoms with Crippen molar-refractivity contribution in [2.24, 2.45) is 5.73 Å². The van der Waals surface area contributed by atoms with Crippen LogP contribution < -0.4 is 5.73 Å². The number of hydrogen-bond acceptors (Lipinski definition) is 6. The summed E-state index contributed by atoms with van der Waals surface area (Å²) in [7, 11) is 0. The second kappa shape index (κ2) is 5.04. The number of hydrogen-bond donors (Lipinski definition) is 4. The number of carbonyl (C=O) groups excluding carboxylic acids is 1. The van der Waals surface area contributed by atoms with Gasteiger partial charge in [-0.05, 0) is 0 Å². The molecule has 0 spiro atoms. The fourth-order valence-corrected chi connectivity index (χ4v) is 0.530. The molecule has 0 aliphatic heterocycles. The average Bonchev–Trinajstić information content (AvgIpc) is 2.14. The Kier molecular flexibility index (Phi) is 4.75. The molecule has 0 aliphatic carbocycles. The van der Waals surface area contributed by atoms with E-state index >= 15 is 0 Å². The normalized spacial score (nSPS) is 11.3. The zero-order chi connectivity index (χ0) is 9.61. The van der Waals surface area contributed by atoms with Gasteiger partial charge in [-0.2, -0.15) is 0 Å². The molecule has 0 heterocycles. The van der Waals surface area contributed by atoms with E-state index in [9.17, 15) is 4.79 Å². The van der Waals surface area contributed by atoms with Crippen molar-refractivity contribution in [3.63, 3.8) is 0 Å². The Morgan fingerprint density at radius 2 is 1.67 bits per heavy atom. The average molecular weight is 179 g/mol. The lowest BCUT2D eigenvalue weighted by Gasteiger charge is -2.26. The van der Waals surface area contributed by atoms with Crippen LogP contribution in [0.4, 0.5) is 0 Å². The molecule has 0 aromatic heterocycles. The standard InChI is InChI=1S/C6H13NO5/c7-1-5(11)12-6(2-8,3-9)4-10/h8-10H,1-4,7H2. The first-order chi connectivity index (χ1) is 5.64. The minimum atomic E-state index is -1.61. The summed E-state index contributed by atoms with van der Waals surface area (Å²) in [6.45, 7) is -2.30. The molecule has 0 aliphatic rings. The summed E-state index contributed by atoms with van der Waals surface area (Å²) < 4.78 is 4.52. The number of rotatable bonds is 5. The van der Waals surface area contributed by atoms with Crippen molar-refractivity contribution < 1.29 is 24.9 Å². The van der Waals surface area contributed by atoms with E-state index in [-0.39, 0.29) is 6.54 Å². The highest BCUT2D eigenvalue weighted by Crippen LogP contribution is 2.08. The Morgan fingerprint density at radius 3 is 1.92 bits per heavy atom. The molecule has 0 saturated carbocycles. The topological polar surface area (TPSA) is 113 Å². The van der Waals surface area contributed by atoms with Crippen LogP contribution >= 0.6 is 0 Å². The van der Waals surface area contributed by atoms with Gasteiger partial charge in [-0.25, -0.2) is 0 Å². The van der Waals surface area contributed by atoms with Gasteiger partial charge in [0.2, 0.25) is 0 Å². The van der Waals surface area contributed by atoms with Crippen LogP contribution in [0.2, 0.25) is 0 Å². The van der Waals surface area contributed by atoms with Gasteiger partial charge in [0.05, 0.1) is 26.4 Å². The predicted molar refractivity (Wildman–Crippen MR) is 39.1 cm³/mol. The summed E-state index contributed by atoms with van der Waals surface area (Å²) in [6.07, 6.45) is 0. The van der Waals surface area contributed by atoms with Crippen molar-refractivity contribution in [2.75, 3.05) is 26.4 Å². The first-order valence-electron chi connectivity index (χ1n) is 3.38. The van der Waals surface area contributed by atoms with Gasteiger partial charge in [0.15, 0.2) is 5.60 Å². The molecule has 0 aromatic rings. The van der Waals surface area contributed by atoms with E-state index in [2.05, 4.69) is 4.74 Å². The van der Waals surface area contributed by atoms with Crippen LogP contribution in [0.25, 0.3) is 0 Å². The molecule has 0 rings (SSSR count). The minimum absolute atomic E-state index is 0.359. The molecule has 0 bridgehead atoms. The maximum Gasteiger partial charge on any atom is 0.320 e. The number of carbonyl (C=O) groups is 1. The second-order valence-electron chi connectivity index (χ2n) is 2.34. The SMILES string of the molecule is NCC(=O)OC(CO)(CO)CO. The minimum Gasteiger partial charge on any atom is -0.451 e. The third-order valence-electron chi connectivity index (χ3n) is 1.36. The second-order valence-corrected chi connectivity index (χ2v) is 2.34. The van der Waals surface area contributed by atoms with E-state index < -0.39 is 31.4 Å². The van der Waals surface area contributed by atoms with Gasteiger partial charge in [0, 0.05) is 0 Å². The summed E-state index contributed by atoms with van der Waals surface area (Å²) in [5.41, 5.74) is 3.31. The molecular weight excluding hydrogens is 166 g/mol. The Labute approximate surface area is 69.6 Å². The van der Waals surface area contributed by atoms with Crippen molar-refractivity contribution >= 4 is 5.97 Å². The largest absolute Gasteiger partial charge is 0.451 e.